The summed E-state index contributed by atoms with van der Waals surface area (Å²) >= 11 is 1.43. The highest BCUT2D eigenvalue weighted by Crippen LogP contribution is 2.19. The van der Waals surface area contributed by atoms with Gasteiger partial charge in [-0.2, -0.15) is 5.26 Å². The highest BCUT2D eigenvalue weighted by Gasteiger charge is 2.07. The fraction of sp³-hybridized carbons (Fsp3) is 0.364. The molecule has 0 bridgehead atoms. The molecule has 0 spiro atoms. The number of nitrogens with zero attached hydrogens (tertiary/aromatic N) is 3. The van der Waals surface area contributed by atoms with E-state index in [0.29, 0.717) is 24.1 Å². The van der Waals surface area contributed by atoms with Crippen LogP contribution in [-0.4, -0.2) is 9.55 Å². The smallest absolute Gasteiger partial charge is 0.271 e. The Labute approximate surface area is 96.8 Å². The monoisotopic (exact) mass is 233 g/mol. The Morgan fingerprint density at radius 3 is 3.19 bits per heavy atom. The topological polar surface area (TPSA) is 58.7 Å². The van der Waals surface area contributed by atoms with Gasteiger partial charge in [-0.25, -0.2) is 4.98 Å². The van der Waals surface area contributed by atoms with Crippen molar-refractivity contribution >= 4 is 21.6 Å². The zero-order valence-corrected chi connectivity index (χ0v) is 9.75. The van der Waals surface area contributed by atoms with Crippen molar-refractivity contribution in [3.8, 4) is 6.07 Å². The summed E-state index contributed by atoms with van der Waals surface area (Å²) in [5.41, 5.74) is 1.84. The van der Waals surface area contributed by atoms with Crippen LogP contribution in [0, 0.1) is 18.3 Å². The van der Waals surface area contributed by atoms with E-state index in [1.165, 1.54) is 11.3 Å². The molecule has 0 aromatic carbocycles. The molecule has 16 heavy (non-hydrogen) atoms. The Balaban J connectivity index is 2.38. The molecule has 5 heteroatoms. The predicted octanol–water partition coefficient (Wildman–Crippen LogP) is 2.07. The number of aryl methyl sites for hydroxylation is 2. The Bertz CT molecular complexity index is 606. The molecule has 0 N–H and O–H groups in total. The van der Waals surface area contributed by atoms with Crippen molar-refractivity contribution in [2.45, 2.75) is 26.3 Å². The molecule has 0 atom stereocenters. The molecule has 4 nitrogen and oxygen atoms in total. The third kappa shape index (κ3) is 1.84. The van der Waals surface area contributed by atoms with E-state index in [1.807, 2.05) is 12.3 Å². The van der Waals surface area contributed by atoms with Gasteiger partial charge in [0.25, 0.3) is 5.56 Å². The summed E-state index contributed by atoms with van der Waals surface area (Å²) in [6.07, 6.45) is 2.73. The minimum atomic E-state index is 0.000963. The average molecular weight is 233 g/mol. The third-order valence-corrected chi connectivity index (χ3v) is 3.49. The Morgan fingerprint density at radius 2 is 2.44 bits per heavy atom. The van der Waals surface area contributed by atoms with Gasteiger partial charge in [0.2, 0.25) is 0 Å². The molecule has 0 fully saturated rings. The van der Waals surface area contributed by atoms with Crippen LogP contribution in [0.3, 0.4) is 0 Å². The molecule has 0 aliphatic heterocycles. The van der Waals surface area contributed by atoms with Gasteiger partial charge < -0.3 is 0 Å². The molecule has 0 amide bonds. The lowest BCUT2D eigenvalue weighted by molar-refractivity contribution is 0.627. The van der Waals surface area contributed by atoms with Crippen molar-refractivity contribution < 1.29 is 0 Å². The van der Waals surface area contributed by atoms with Crippen molar-refractivity contribution in [2.24, 2.45) is 0 Å². The number of hydrogen-bond acceptors (Lipinski definition) is 4. The van der Waals surface area contributed by atoms with Crippen molar-refractivity contribution in [2.75, 3.05) is 0 Å². The number of thiophene rings is 1. The number of unbranched alkanes of at least 4 members (excludes halogenated alkanes) is 1. The lowest BCUT2D eigenvalue weighted by atomic mass is 10.3. The molecule has 2 aromatic rings. The second kappa shape index (κ2) is 4.45. The second-order valence-electron chi connectivity index (χ2n) is 3.60. The van der Waals surface area contributed by atoms with E-state index >= 15 is 0 Å². The van der Waals surface area contributed by atoms with E-state index in [4.69, 9.17) is 5.26 Å². The molecule has 2 heterocycles. The first kappa shape index (κ1) is 10.8. The Morgan fingerprint density at radius 1 is 1.62 bits per heavy atom. The number of rotatable bonds is 3. The van der Waals surface area contributed by atoms with Gasteiger partial charge in [0.15, 0.2) is 0 Å². The molecule has 82 valence electrons. The van der Waals surface area contributed by atoms with Crippen molar-refractivity contribution in [3.63, 3.8) is 0 Å². The number of nitriles is 1. The zero-order valence-electron chi connectivity index (χ0n) is 8.93. The van der Waals surface area contributed by atoms with Crippen LogP contribution in [0.4, 0.5) is 0 Å². The molecule has 0 saturated heterocycles. The summed E-state index contributed by atoms with van der Waals surface area (Å²) in [6, 6.07) is 2.07. The molecular formula is C11H11N3OS. The first-order valence-corrected chi connectivity index (χ1v) is 5.92. The molecule has 0 radical (unpaired) electrons. The van der Waals surface area contributed by atoms with E-state index in [9.17, 15) is 4.79 Å². The van der Waals surface area contributed by atoms with Gasteiger partial charge in [-0.3, -0.25) is 9.36 Å². The van der Waals surface area contributed by atoms with E-state index < -0.39 is 0 Å². The Kier molecular flexibility index (Phi) is 3.02. The first-order chi connectivity index (χ1) is 7.74. The zero-order chi connectivity index (χ0) is 11.5. The molecule has 0 unspecified atom stereocenters. The second-order valence-corrected chi connectivity index (χ2v) is 4.48. The number of hydrogen-bond donors (Lipinski definition) is 0. The molecule has 0 aliphatic rings. The highest BCUT2D eigenvalue weighted by atomic mass is 32.1. The fourth-order valence-corrected chi connectivity index (χ4v) is 2.50. The summed E-state index contributed by atoms with van der Waals surface area (Å²) < 4.78 is 2.28. The van der Waals surface area contributed by atoms with Crippen LogP contribution in [0.2, 0.25) is 0 Å². The van der Waals surface area contributed by atoms with Crippen LogP contribution in [0.5, 0.6) is 0 Å². The van der Waals surface area contributed by atoms with Crippen LogP contribution < -0.4 is 5.56 Å². The Hall–Kier alpha value is -1.67. The lowest BCUT2D eigenvalue weighted by Gasteiger charge is -2.02. The van der Waals surface area contributed by atoms with Gasteiger partial charge in [0.1, 0.15) is 4.70 Å². The standard InChI is InChI=1S/C11H11N3OS/c1-8-6-16-10-9(8)13-7-14(11(10)15)5-3-2-4-12/h6-7H,2-3,5H2,1H3. The van der Waals surface area contributed by atoms with Gasteiger partial charge in [0, 0.05) is 13.0 Å². The highest BCUT2D eigenvalue weighted by molar-refractivity contribution is 7.17. The average Bonchev–Trinajstić information content (AvgIpc) is 2.65. The van der Waals surface area contributed by atoms with Crippen LogP contribution in [0.15, 0.2) is 16.5 Å². The van der Waals surface area contributed by atoms with Gasteiger partial charge in [-0.05, 0) is 24.3 Å². The largest absolute Gasteiger partial charge is 0.298 e. The van der Waals surface area contributed by atoms with Crippen LogP contribution >= 0.6 is 11.3 Å². The van der Waals surface area contributed by atoms with E-state index in [0.717, 1.165) is 11.1 Å². The number of aromatic nitrogens is 2. The number of fused-ring (bicyclic) bond motifs is 1. The maximum Gasteiger partial charge on any atom is 0.271 e. The van der Waals surface area contributed by atoms with Gasteiger partial charge >= 0.3 is 0 Å². The summed E-state index contributed by atoms with van der Waals surface area (Å²) in [5, 5.41) is 10.4. The lowest BCUT2D eigenvalue weighted by Crippen LogP contribution is -2.19. The van der Waals surface area contributed by atoms with Crippen molar-refractivity contribution in [3.05, 3.63) is 27.6 Å². The normalized spacial score (nSPS) is 10.5. The van der Waals surface area contributed by atoms with Crippen LogP contribution in [-0.2, 0) is 6.54 Å². The maximum absolute atomic E-state index is 12.0. The SMILES string of the molecule is Cc1csc2c(=O)n(CCCC#N)cnc12. The minimum Gasteiger partial charge on any atom is -0.298 e. The minimum absolute atomic E-state index is 0.000963. The predicted molar refractivity (Wildman–Crippen MR) is 63.5 cm³/mol. The summed E-state index contributed by atoms with van der Waals surface area (Å²) in [6.45, 7) is 2.51. The summed E-state index contributed by atoms with van der Waals surface area (Å²) in [4.78, 5) is 16.3. The van der Waals surface area contributed by atoms with Crippen molar-refractivity contribution in [1.29, 1.82) is 5.26 Å². The van der Waals surface area contributed by atoms with Gasteiger partial charge in [-0.1, -0.05) is 0 Å². The molecule has 2 rings (SSSR count). The van der Waals surface area contributed by atoms with Gasteiger partial charge in [0.05, 0.1) is 17.9 Å². The maximum atomic E-state index is 12.0. The summed E-state index contributed by atoms with van der Waals surface area (Å²) in [7, 11) is 0. The molecule has 0 aliphatic carbocycles. The first-order valence-electron chi connectivity index (χ1n) is 5.04. The van der Waals surface area contributed by atoms with E-state index in [2.05, 4.69) is 11.1 Å². The van der Waals surface area contributed by atoms with E-state index in [1.54, 1.807) is 10.9 Å². The molecule has 0 saturated carbocycles. The quantitative estimate of drug-likeness (QED) is 0.762. The van der Waals surface area contributed by atoms with Crippen LogP contribution in [0.1, 0.15) is 18.4 Å². The van der Waals surface area contributed by atoms with Gasteiger partial charge in [-0.15, -0.1) is 11.3 Å². The fourth-order valence-electron chi connectivity index (χ4n) is 1.55. The van der Waals surface area contributed by atoms with E-state index in [-0.39, 0.29) is 5.56 Å². The van der Waals surface area contributed by atoms with Crippen molar-refractivity contribution in [1.82, 2.24) is 9.55 Å². The molecule has 2 aromatic heterocycles. The third-order valence-electron chi connectivity index (χ3n) is 2.41. The summed E-state index contributed by atoms with van der Waals surface area (Å²) in [5.74, 6) is 0. The molecular weight excluding hydrogens is 222 g/mol. The van der Waals surface area contributed by atoms with Crippen LogP contribution in [0.25, 0.3) is 10.2 Å².